The first-order chi connectivity index (χ1) is 9.65. The van der Waals surface area contributed by atoms with Crippen molar-refractivity contribution in [2.24, 2.45) is 0 Å². The van der Waals surface area contributed by atoms with Crippen molar-refractivity contribution in [2.45, 2.75) is 19.8 Å². The van der Waals surface area contributed by atoms with Crippen LogP contribution in [0.15, 0.2) is 48.7 Å². The molecular formula is C16H16N2O2. The van der Waals surface area contributed by atoms with E-state index in [0.717, 1.165) is 5.69 Å². The van der Waals surface area contributed by atoms with Gasteiger partial charge in [-0.1, -0.05) is 18.2 Å². The monoisotopic (exact) mass is 268 g/mol. The third-order valence-corrected chi connectivity index (χ3v) is 2.89. The van der Waals surface area contributed by atoms with E-state index in [1.807, 2.05) is 18.2 Å². The Morgan fingerprint density at radius 3 is 2.70 bits per heavy atom. The Balaban J connectivity index is 1.91. The van der Waals surface area contributed by atoms with Gasteiger partial charge in [0, 0.05) is 29.6 Å². The largest absolute Gasteiger partial charge is 0.326 e. The number of benzene rings is 1. The second-order valence-corrected chi connectivity index (χ2v) is 4.51. The summed E-state index contributed by atoms with van der Waals surface area (Å²) in [6.45, 7) is 1.50. The van der Waals surface area contributed by atoms with Gasteiger partial charge < -0.3 is 5.32 Å². The van der Waals surface area contributed by atoms with Gasteiger partial charge in [0.1, 0.15) is 0 Å². The van der Waals surface area contributed by atoms with Crippen molar-refractivity contribution in [3.63, 3.8) is 0 Å². The Bertz CT molecular complexity index is 609. The minimum absolute atomic E-state index is 0.0189. The van der Waals surface area contributed by atoms with Crippen LogP contribution in [0.25, 0.3) is 0 Å². The molecule has 1 amide bonds. The molecule has 0 saturated carbocycles. The Hall–Kier alpha value is -2.49. The minimum Gasteiger partial charge on any atom is -0.326 e. The van der Waals surface area contributed by atoms with Gasteiger partial charge in [-0.3, -0.25) is 14.6 Å². The molecule has 2 aromatic rings. The molecule has 1 N–H and O–H groups in total. The fourth-order valence-electron chi connectivity index (χ4n) is 1.83. The van der Waals surface area contributed by atoms with Crippen LogP contribution in [-0.4, -0.2) is 16.7 Å². The van der Waals surface area contributed by atoms with Gasteiger partial charge in [0.25, 0.3) is 0 Å². The van der Waals surface area contributed by atoms with Gasteiger partial charge in [0.15, 0.2) is 5.78 Å². The number of ketones is 1. The molecule has 4 nitrogen and oxygen atoms in total. The summed E-state index contributed by atoms with van der Waals surface area (Å²) in [5.74, 6) is -0.106. The molecule has 1 aromatic carbocycles. The molecule has 102 valence electrons. The molecular weight excluding hydrogens is 252 g/mol. The molecule has 0 aliphatic heterocycles. The van der Waals surface area contributed by atoms with E-state index in [-0.39, 0.29) is 11.7 Å². The van der Waals surface area contributed by atoms with Crippen molar-refractivity contribution in [1.29, 1.82) is 0 Å². The third kappa shape index (κ3) is 4.02. The summed E-state index contributed by atoms with van der Waals surface area (Å²) < 4.78 is 0. The first-order valence-corrected chi connectivity index (χ1v) is 6.46. The molecule has 0 aliphatic rings. The topological polar surface area (TPSA) is 59.1 Å². The van der Waals surface area contributed by atoms with E-state index >= 15 is 0 Å². The highest BCUT2D eigenvalue weighted by atomic mass is 16.1. The van der Waals surface area contributed by atoms with Crippen LogP contribution in [0.2, 0.25) is 0 Å². The van der Waals surface area contributed by atoms with E-state index in [2.05, 4.69) is 10.3 Å². The molecule has 0 radical (unpaired) electrons. The number of aryl methyl sites for hydroxylation is 1. The summed E-state index contributed by atoms with van der Waals surface area (Å²) in [6, 6.07) is 12.6. The second kappa shape index (κ2) is 6.61. The zero-order chi connectivity index (χ0) is 14.4. The molecule has 0 fully saturated rings. The molecule has 0 unspecified atom stereocenters. The molecule has 1 heterocycles. The standard InChI is InChI=1S/C16H16N2O2/c1-12(19)13-5-4-7-15(11-13)18-16(20)9-8-14-6-2-3-10-17-14/h2-7,10-11H,8-9H2,1H3,(H,18,20). The maximum absolute atomic E-state index is 11.8. The van der Waals surface area contributed by atoms with Crippen LogP contribution in [0.4, 0.5) is 5.69 Å². The number of anilines is 1. The van der Waals surface area contributed by atoms with Crippen LogP contribution < -0.4 is 5.32 Å². The number of nitrogens with zero attached hydrogens (tertiary/aromatic N) is 1. The van der Waals surface area contributed by atoms with Crippen molar-refractivity contribution in [3.8, 4) is 0 Å². The van der Waals surface area contributed by atoms with Crippen LogP contribution >= 0.6 is 0 Å². The molecule has 0 saturated heterocycles. The lowest BCUT2D eigenvalue weighted by Crippen LogP contribution is -2.13. The van der Waals surface area contributed by atoms with E-state index in [9.17, 15) is 9.59 Å². The number of carbonyl (C=O) groups excluding carboxylic acids is 2. The lowest BCUT2D eigenvalue weighted by atomic mass is 10.1. The summed E-state index contributed by atoms with van der Waals surface area (Å²) >= 11 is 0. The smallest absolute Gasteiger partial charge is 0.224 e. The Morgan fingerprint density at radius 2 is 2.00 bits per heavy atom. The second-order valence-electron chi connectivity index (χ2n) is 4.51. The van der Waals surface area contributed by atoms with Crippen LogP contribution in [-0.2, 0) is 11.2 Å². The van der Waals surface area contributed by atoms with Gasteiger partial charge in [-0.05, 0) is 37.6 Å². The molecule has 20 heavy (non-hydrogen) atoms. The summed E-state index contributed by atoms with van der Waals surface area (Å²) in [5.41, 5.74) is 2.12. The van der Waals surface area contributed by atoms with Crippen LogP contribution in [0, 0.1) is 0 Å². The maximum Gasteiger partial charge on any atom is 0.224 e. The zero-order valence-corrected chi connectivity index (χ0v) is 11.3. The lowest BCUT2D eigenvalue weighted by molar-refractivity contribution is -0.116. The van der Waals surface area contributed by atoms with Gasteiger partial charge in [0.2, 0.25) is 5.91 Å². The van der Waals surface area contributed by atoms with Crippen molar-refractivity contribution in [1.82, 2.24) is 4.98 Å². The molecule has 0 aliphatic carbocycles. The Morgan fingerprint density at radius 1 is 1.15 bits per heavy atom. The number of nitrogens with one attached hydrogen (secondary N) is 1. The number of hydrogen-bond donors (Lipinski definition) is 1. The molecule has 2 rings (SSSR count). The molecule has 0 atom stereocenters. The molecule has 1 aromatic heterocycles. The molecule has 0 bridgehead atoms. The van der Waals surface area contributed by atoms with Crippen LogP contribution in [0.1, 0.15) is 29.4 Å². The quantitative estimate of drug-likeness (QED) is 0.848. The van der Waals surface area contributed by atoms with Gasteiger partial charge in [0.05, 0.1) is 0 Å². The molecule has 0 spiro atoms. The molecule has 4 heteroatoms. The third-order valence-electron chi connectivity index (χ3n) is 2.89. The highest BCUT2D eigenvalue weighted by Crippen LogP contribution is 2.12. The number of aromatic nitrogens is 1. The highest BCUT2D eigenvalue weighted by Gasteiger charge is 2.05. The number of pyridine rings is 1. The van der Waals surface area contributed by atoms with Crippen molar-refractivity contribution < 1.29 is 9.59 Å². The highest BCUT2D eigenvalue weighted by molar-refractivity contribution is 5.97. The first-order valence-electron chi connectivity index (χ1n) is 6.46. The fraction of sp³-hybridized carbons (Fsp3) is 0.188. The summed E-state index contributed by atoms with van der Waals surface area (Å²) in [4.78, 5) is 27.3. The number of amides is 1. The summed E-state index contributed by atoms with van der Waals surface area (Å²) in [6.07, 6.45) is 2.67. The lowest BCUT2D eigenvalue weighted by Gasteiger charge is -2.06. The number of Topliss-reactive ketones (excluding diaryl/α,β-unsaturated/α-hetero) is 1. The minimum atomic E-state index is -0.0867. The van der Waals surface area contributed by atoms with Crippen LogP contribution in [0.3, 0.4) is 0 Å². The van der Waals surface area contributed by atoms with Crippen molar-refractivity contribution in [3.05, 3.63) is 59.9 Å². The maximum atomic E-state index is 11.8. The van der Waals surface area contributed by atoms with E-state index in [0.29, 0.717) is 24.1 Å². The summed E-state index contributed by atoms with van der Waals surface area (Å²) in [5, 5.41) is 2.79. The average Bonchev–Trinajstić information content (AvgIpc) is 2.46. The van der Waals surface area contributed by atoms with Crippen molar-refractivity contribution >= 4 is 17.4 Å². The Labute approximate surface area is 117 Å². The summed E-state index contributed by atoms with van der Waals surface area (Å²) in [7, 11) is 0. The van der Waals surface area contributed by atoms with E-state index in [4.69, 9.17) is 0 Å². The Kier molecular flexibility index (Phi) is 4.60. The van der Waals surface area contributed by atoms with E-state index < -0.39 is 0 Å². The van der Waals surface area contributed by atoms with Gasteiger partial charge in [-0.15, -0.1) is 0 Å². The van der Waals surface area contributed by atoms with Gasteiger partial charge in [-0.2, -0.15) is 0 Å². The number of hydrogen-bond acceptors (Lipinski definition) is 3. The SMILES string of the molecule is CC(=O)c1cccc(NC(=O)CCc2ccccn2)c1. The van der Waals surface area contributed by atoms with Gasteiger partial charge in [-0.25, -0.2) is 0 Å². The number of rotatable bonds is 5. The van der Waals surface area contributed by atoms with Gasteiger partial charge >= 0.3 is 0 Å². The van der Waals surface area contributed by atoms with Crippen LogP contribution in [0.5, 0.6) is 0 Å². The predicted octanol–water partition coefficient (Wildman–Crippen LogP) is 2.86. The normalized spacial score (nSPS) is 10.1. The predicted molar refractivity (Wildman–Crippen MR) is 77.6 cm³/mol. The fourth-order valence-corrected chi connectivity index (χ4v) is 1.83. The first kappa shape index (κ1) is 13.9. The zero-order valence-electron chi connectivity index (χ0n) is 11.3. The van der Waals surface area contributed by atoms with E-state index in [1.54, 1.807) is 30.5 Å². The van der Waals surface area contributed by atoms with E-state index in [1.165, 1.54) is 6.92 Å². The average molecular weight is 268 g/mol. The number of carbonyl (C=O) groups is 2. The van der Waals surface area contributed by atoms with Crippen molar-refractivity contribution in [2.75, 3.05) is 5.32 Å².